The average Bonchev–Trinajstić information content (AvgIpc) is 3.22. The van der Waals surface area contributed by atoms with Crippen LogP contribution in [0, 0.1) is 0 Å². The monoisotopic (exact) mass is 262 g/mol. The summed E-state index contributed by atoms with van der Waals surface area (Å²) in [6.07, 6.45) is 2.64. The fourth-order valence-electron chi connectivity index (χ4n) is 2.56. The number of nitrogens with one attached hydrogen (secondary N) is 1. The normalized spacial score (nSPS) is 24.5. The third-order valence-corrected chi connectivity index (χ3v) is 3.87. The second-order valence-electron chi connectivity index (χ2n) is 5.55. The lowest BCUT2D eigenvalue weighted by molar-refractivity contribution is -0.0110. The van der Waals surface area contributed by atoms with Gasteiger partial charge in [-0.3, -0.25) is 4.90 Å². The van der Waals surface area contributed by atoms with Crippen LogP contribution in [0.1, 0.15) is 18.4 Å². The molecular weight excluding hydrogens is 240 g/mol. The van der Waals surface area contributed by atoms with Gasteiger partial charge in [0, 0.05) is 31.7 Å². The molecule has 1 aliphatic carbocycles. The van der Waals surface area contributed by atoms with Gasteiger partial charge in [0.1, 0.15) is 5.75 Å². The Bertz CT molecular complexity index is 420. The van der Waals surface area contributed by atoms with Crippen LogP contribution >= 0.6 is 0 Å². The van der Waals surface area contributed by atoms with Crippen LogP contribution in [0.25, 0.3) is 0 Å². The number of hydrogen-bond acceptors (Lipinski definition) is 4. The van der Waals surface area contributed by atoms with E-state index >= 15 is 0 Å². The number of morpholine rings is 1. The van der Waals surface area contributed by atoms with Crippen molar-refractivity contribution in [3.8, 4) is 5.75 Å². The minimum absolute atomic E-state index is 0.346. The Morgan fingerprint density at radius 3 is 3.05 bits per heavy atom. The second kappa shape index (κ2) is 5.90. The first kappa shape index (κ1) is 12.9. The maximum Gasteiger partial charge on any atom is 0.115 e. The minimum Gasteiger partial charge on any atom is -0.508 e. The van der Waals surface area contributed by atoms with Crippen LogP contribution in [0.5, 0.6) is 5.75 Å². The molecule has 19 heavy (non-hydrogen) atoms. The number of hydrogen-bond donors (Lipinski definition) is 2. The van der Waals surface area contributed by atoms with Crippen molar-refractivity contribution in [2.45, 2.75) is 31.5 Å². The summed E-state index contributed by atoms with van der Waals surface area (Å²) in [6.45, 7) is 4.46. The number of phenolic OH excluding ortho intramolecular Hbond substituents is 1. The first-order chi connectivity index (χ1) is 9.31. The molecule has 1 aromatic carbocycles. The van der Waals surface area contributed by atoms with E-state index in [1.807, 2.05) is 12.1 Å². The van der Waals surface area contributed by atoms with Gasteiger partial charge in [0.25, 0.3) is 0 Å². The molecule has 4 heteroatoms. The van der Waals surface area contributed by atoms with E-state index in [1.54, 1.807) is 6.07 Å². The fourth-order valence-corrected chi connectivity index (χ4v) is 2.56. The zero-order valence-corrected chi connectivity index (χ0v) is 11.2. The Hall–Kier alpha value is -1.10. The zero-order chi connectivity index (χ0) is 13.1. The molecule has 1 aliphatic heterocycles. The predicted octanol–water partition coefficient (Wildman–Crippen LogP) is 1.34. The van der Waals surface area contributed by atoms with Crippen molar-refractivity contribution in [1.29, 1.82) is 0 Å². The number of ether oxygens (including phenoxy) is 1. The lowest BCUT2D eigenvalue weighted by Crippen LogP contribution is -2.50. The molecule has 0 amide bonds. The summed E-state index contributed by atoms with van der Waals surface area (Å²) < 4.78 is 5.60. The molecule has 3 rings (SSSR count). The molecule has 1 saturated carbocycles. The number of aromatic hydroxyl groups is 1. The van der Waals surface area contributed by atoms with E-state index in [0.29, 0.717) is 11.8 Å². The quantitative estimate of drug-likeness (QED) is 0.840. The van der Waals surface area contributed by atoms with Gasteiger partial charge in [-0.15, -0.1) is 0 Å². The number of nitrogens with zero attached hydrogens (tertiary/aromatic N) is 1. The first-order valence-corrected chi connectivity index (χ1v) is 7.14. The van der Waals surface area contributed by atoms with Crippen LogP contribution in [0.2, 0.25) is 0 Å². The molecular formula is C15H22N2O2. The SMILES string of the molecule is Oc1cccc(CN2CCOCC2CNC2CC2)c1. The van der Waals surface area contributed by atoms with Gasteiger partial charge in [0.05, 0.1) is 13.2 Å². The van der Waals surface area contributed by atoms with Gasteiger partial charge in [-0.25, -0.2) is 0 Å². The Balaban J connectivity index is 1.59. The van der Waals surface area contributed by atoms with Gasteiger partial charge in [-0.1, -0.05) is 12.1 Å². The third-order valence-electron chi connectivity index (χ3n) is 3.87. The highest BCUT2D eigenvalue weighted by Crippen LogP contribution is 2.20. The van der Waals surface area contributed by atoms with Gasteiger partial charge < -0.3 is 15.2 Å². The molecule has 0 spiro atoms. The Labute approximate surface area is 114 Å². The maximum atomic E-state index is 9.54. The third kappa shape index (κ3) is 3.69. The standard InChI is InChI=1S/C15H22N2O2/c18-15-3-1-2-12(8-15)10-17-6-7-19-11-14(17)9-16-13-4-5-13/h1-3,8,13-14,16,18H,4-7,9-11H2. The highest BCUT2D eigenvalue weighted by Gasteiger charge is 2.26. The Kier molecular flexibility index (Phi) is 4.01. The fraction of sp³-hybridized carbons (Fsp3) is 0.600. The Morgan fingerprint density at radius 2 is 2.26 bits per heavy atom. The zero-order valence-electron chi connectivity index (χ0n) is 11.2. The molecule has 1 atom stereocenters. The summed E-state index contributed by atoms with van der Waals surface area (Å²) >= 11 is 0. The van der Waals surface area contributed by atoms with E-state index in [1.165, 1.54) is 18.4 Å². The van der Waals surface area contributed by atoms with Gasteiger partial charge in [-0.05, 0) is 30.5 Å². The van der Waals surface area contributed by atoms with Crippen molar-refractivity contribution >= 4 is 0 Å². The molecule has 0 aromatic heterocycles. The molecule has 0 bridgehead atoms. The first-order valence-electron chi connectivity index (χ1n) is 7.14. The van der Waals surface area contributed by atoms with Crippen LogP contribution in [0.15, 0.2) is 24.3 Å². The summed E-state index contributed by atoms with van der Waals surface area (Å²) in [7, 11) is 0. The van der Waals surface area contributed by atoms with Crippen molar-refractivity contribution in [3.05, 3.63) is 29.8 Å². The van der Waals surface area contributed by atoms with Crippen molar-refractivity contribution in [1.82, 2.24) is 10.2 Å². The number of benzene rings is 1. The molecule has 104 valence electrons. The minimum atomic E-state index is 0.346. The molecule has 2 N–H and O–H groups in total. The van der Waals surface area contributed by atoms with Gasteiger partial charge in [0.15, 0.2) is 0 Å². The van der Waals surface area contributed by atoms with Crippen molar-refractivity contribution in [2.24, 2.45) is 0 Å². The Morgan fingerprint density at radius 1 is 1.37 bits per heavy atom. The summed E-state index contributed by atoms with van der Waals surface area (Å²) in [5, 5.41) is 13.1. The second-order valence-corrected chi connectivity index (χ2v) is 5.55. The van der Waals surface area contributed by atoms with Crippen LogP contribution in [0.4, 0.5) is 0 Å². The largest absolute Gasteiger partial charge is 0.508 e. The smallest absolute Gasteiger partial charge is 0.115 e. The molecule has 4 nitrogen and oxygen atoms in total. The average molecular weight is 262 g/mol. The summed E-state index contributed by atoms with van der Waals surface area (Å²) in [4.78, 5) is 2.45. The lowest BCUT2D eigenvalue weighted by atomic mass is 10.1. The number of phenols is 1. The highest BCUT2D eigenvalue weighted by molar-refractivity contribution is 5.27. The van der Waals surface area contributed by atoms with E-state index in [0.717, 1.165) is 38.9 Å². The molecule has 2 aliphatic rings. The van der Waals surface area contributed by atoms with E-state index < -0.39 is 0 Å². The predicted molar refractivity (Wildman–Crippen MR) is 74.1 cm³/mol. The van der Waals surface area contributed by atoms with Crippen LogP contribution < -0.4 is 5.32 Å². The van der Waals surface area contributed by atoms with Crippen LogP contribution in [0.3, 0.4) is 0 Å². The summed E-state index contributed by atoms with van der Waals surface area (Å²) in [5.74, 6) is 0.346. The van der Waals surface area contributed by atoms with Gasteiger partial charge in [0.2, 0.25) is 0 Å². The number of rotatable bonds is 5. The van der Waals surface area contributed by atoms with Crippen molar-refractivity contribution < 1.29 is 9.84 Å². The van der Waals surface area contributed by atoms with E-state index in [9.17, 15) is 5.11 Å². The molecule has 2 fully saturated rings. The molecule has 1 unspecified atom stereocenters. The topological polar surface area (TPSA) is 44.7 Å². The molecule has 0 radical (unpaired) electrons. The molecule has 1 aromatic rings. The van der Waals surface area contributed by atoms with E-state index in [2.05, 4.69) is 16.3 Å². The lowest BCUT2D eigenvalue weighted by Gasteiger charge is -2.35. The van der Waals surface area contributed by atoms with E-state index in [4.69, 9.17) is 4.74 Å². The van der Waals surface area contributed by atoms with Crippen molar-refractivity contribution in [2.75, 3.05) is 26.3 Å². The highest BCUT2D eigenvalue weighted by atomic mass is 16.5. The van der Waals surface area contributed by atoms with Gasteiger partial charge in [-0.2, -0.15) is 0 Å². The van der Waals surface area contributed by atoms with Crippen LogP contribution in [-0.4, -0.2) is 48.4 Å². The summed E-state index contributed by atoms with van der Waals surface area (Å²) in [6, 6.07) is 8.72. The van der Waals surface area contributed by atoms with Crippen molar-refractivity contribution in [3.63, 3.8) is 0 Å². The van der Waals surface area contributed by atoms with Crippen LogP contribution in [-0.2, 0) is 11.3 Å². The van der Waals surface area contributed by atoms with Gasteiger partial charge >= 0.3 is 0 Å². The van der Waals surface area contributed by atoms with E-state index in [-0.39, 0.29) is 0 Å². The molecule has 1 saturated heterocycles. The molecule has 1 heterocycles. The summed E-state index contributed by atoms with van der Waals surface area (Å²) in [5.41, 5.74) is 1.17. The maximum absolute atomic E-state index is 9.54.